The Bertz CT molecular complexity index is 365. The molecule has 3 fully saturated rings. The lowest BCUT2D eigenvalue weighted by Crippen LogP contribution is -2.44. The number of fused-ring (bicyclic) bond motifs is 2. The van der Waals surface area contributed by atoms with Gasteiger partial charge in [0, 0.05) is 25.2 Å². The second-order valence-electron chi connectivity index (χ2n) is 7.14. The third-order valence-electron chi connectivity index (χ3n) is 5.77. The van der Waals surface area contributed by atoms with Gasteiger partial charge in [0.1, 0.15) is 0 Å². The smallest absolute Gasteiger partial charge is 0.225 e. The van der Waals surface area contributed by atoms with Gasteiger partial charge in [-0.2, -0.15) is 0 Å². The molecule has 3 rings (SSSR count). The second-order valence-corrected chi connectivity index (χ2v) is 7.14. The molecule has 4 nitrogen and oxygen atoms in total. The number of likely N-dealkylation sites (tertiary alicyclic amines) is 1. The quantitative estimate of drug-likeness (QED) is 0.838. The minimum atomic E-state index is -0.716. The molecule has 2 atom stereocenters. The average molecular weight is 280 g/mol. The predicted octanol–water partition coefficient (Wildman–Crippen LogP) is 1.77. The highest BCUT2D eigenvalue weighted by atomic mass is 16.3. The van der Waals surface area contributed by atoms with E-state index < -0.39 is 5.60 Å². The number of amides is 1. The highest BCUT2D eigenvalue weighted by molar-refractivity contribution is 5.77. The summed E-state index contributed by atoms with van der Waals surface area (Å²) in [6.07, 6.45) is 8.88. The van der Waals surface area contributed by atoms with Gasteiger partial charge in [-0.05, 0) is 39.2 Å². The normalized spacial score (nSPS) is 34.0. The second kappa shape index (κ2) is 5.64. The number of likely N-dealkylation sites (N-methyl/N-ethyl adjacent to an activating group) is 1. The van der Waals surface area contributed by atoms with E-state index in [1.165, 1.54) is 19.3 Å². The van der Waals surface area contributed by atoms with Crippen LogP contribution in [0.1, 0.15) is 57.8 Å². The van der Waals surface area contributed by atoms with E-state index in [0.717, 1.165) is 45.2 Å². The van der Waals surface area contributed by atoms with Crippen LogP contribution >= 0.6 is 0 Å². The molecule has 0 aromatic rings. The van der Waals surface area contributed by atoms with Crippen LogP contribution in [0.2, 0.25) is 0 Å². The molecule has 20 heavy (non-hydrogen) atoms. The molecular formula is C16H28N2O2. The molecule has 1 aliphatic carbocycles. The summed E-state index contributed by atoms with van der Waals surface area (Å²) in [5.74, 6) is 0.176. The third-order valence-corrected chi connectivity index (χ3v) is 5.77. The Balaban J connectivity index is 1.60. The molecular weight excluding hydrogens is 252 g/mol. The maximum absolute atomic E-state index is 12.6. The lowest BCUT2D eigenvalue weighted by molar-refractivity contribution is -0.138. The Morgan fingerprint density at radius 2 is 1.85 bits per heavy atom. The Morgan fingerprint density at radius 1 is 1.15 bits per heavy atom. The Kier molecular flexibility index (Phi) is 4.04. The molecule has 2 aliphatic heterocycles. The molecule has 0 radical (unpaired) electrons. The van der Waals surface area contributed by atoms with Gasteiger partial charge in [-0.1, -0.05) is 19.3 Å². The van der Waals surface area contributed by atoms with Crippen molar-refractivity contribution in [3.63, 3.8) is 0 Å². The van der Waals surface area contributed by atoms with Gasteiger partial charge in [-0.15, -0.1) is 0 Å². The van der Waals surface area contributed by atoms with Gasteiger partial charge in [-0.3, -0.25) is 9.69 Å². The molecule has 1 N–H and O–H groups in total. The van der Waals surface area contributed by atoms with Crippen LogP contribution in [0, 0.1) is 0 Å². The van der Waals surface area contributed by atoms with Gasteiger partial charge in [0.2, 0.25) is 5.91 Å². The molecule has 2 heterocycles. The van der Waals surface area contributed by atoms with Crippen molar-refractivity contribution in [2.24, 2.45) is 0 Å². The van der Waals surface area contributed by atoms with Crippen molar-refractivity contribution in [3.8, 4) is 0 Å². The maximum Gasteiger partial charge on any atom is 0.225 e. The Labute approximate surface area is 122 Å². The summed E-state index contributed by atoms with van der Waals surface area (Å²) in [7, 11) is 2.20. The fourth-order valence-corrected chi connectivity index (χ4v) is 4.32. The van der Waals surface area contributed by atoms with Crippen molar-refractivity contribution < 1.29 is 9.90 Å². The summed E-state index contributed by atoms with van der Waals surface area (Å²) in [4.78, 5) is 17.0. The summed E-state index contributed by atoms with van der Waals surface area (Å²) >= 11 is 0. The van der Waals surface area contributed by atoms with Gasteiger partial charge in [0.05, 0.1) is 12.0 Å². The summed E-state index contributed by atoms with van der Waals surface area (Å²) in [5.41, 5.74) is -0.716. The zero-order valence-electron chi connectivity index (χ0n) is 12.7. The van der Waals surface area contributed by atoms with Crippen LogP contribution < -0.4 is 0 Å². The predicted molar refractivity (Wildman–Crippen MR) is 78.4 cm³/mol. The van der Waals surface area contributed by atoms with E-state index in [1.807, 2.05) is 4.90 Å². The number of hydrogen-bond donors (Lipinski definition) is 1. The summed E-state index contributed by atoms with van der Waals surface area (Å²) in [6, 6.07) is 1.20. The number of carbonyl (C=O) groups excluding carboxylic acids is 1. The van der Waals surface area contributed by atoms with Crippen LogP contribution in [0.5, 0.6) is 0 Å². The highest BCUT2D eigenvalue weighted by Gasteiger charge is 2.38. The van der Waals surface area contributed by atoms with Crippen LogP contribution in [0.25, 0.3) is 0 Å². The van der Waals surface area contributed by atoms with Crippen LogP contribution in [0.4, 0.5) is 0 Å². The summed E-state index contributed by atoms with van der Waals surface area (Å²) < 4.78 is 0. The number of carbonyl (C=O) groups is 1. The third kappa shape index (κ3) is 2.86. The van der Waals surface area contributed by atoms with Gasteiger partial charge in [-0.25, -0.2) is 0 Å². The number of rotatable bonds is 2. The zero-order valence-corrected chi connectivity index (χ0v) is 12.7. The summed E-state index contributed by atoms with van der Waals surface area (Å²) in [5, 5.41) is 10.6. The highest BCUT2D eigenvalue weighted by Crippen LogP contribution is 2.33. The van der Waals surface area contributed by atoms with E-state index in [-0.39, 0.29) is 5.91 Å². The first-order valence-corrected chi connectivity index (χ1v) is 8.29. The Morgan fingerprint density at radius 3 is 2.60 bits per heavy atom. The molecule has 1 saturated carbocycles. The molecule has 0 spiro atoms. The van der Waals surface area contributed by atoms with E-state index in [1.54, 1.807) is 0 Å². The van der Waals surface area contributed by atoms with Crippen molar-refractivity contribution in [1.82, 2.24) is 9.80 Å². The van der Waals surface area contributed by atoms with Crippen molar-refractivity contribution in [3.05, 3.63) is 0 Å². The van der Waals surface area contributed by atoms with Gasteiger partial charge in [0.15, 0.2) is 0 Å². The molecule has 2 unspecified atom stereocenters. The molecule has 0 aromatic carbocycles. The first kappa shape index (κ1) is 14.3. The molecule has 3 aliphatic rings. The Hall–Kier alpha value is -0.610. The number of aliphatic hydroxyl groups is 1. The standard InChI is InChI=1S/C16H28N2O2/c1-17-13-5-6-14(17)12-18(10-7-13)15(19)11-16(20)8-3-2-4-9-16/h13-14,20H,2-12H2,1H3. The molecule has 2 bridgehead atoms. The first-order valence-electron chi connectivity index (χ1n) is 8.29. The summed E-state index contributed by atoms with van der Waals surface area (Å²) in [6.45, 7) is 1.74. The van der Waals surface area contributed by atoms with Crippen molar-refractivity contribution in [2.75, 3.05) is 20.1 Å². The van der Waals surface area contributed by atoms with E-state index in [2.05, 4.69) is 11.9 Å². The lowest BCUT2D eigenvalue weighted by atomic mass is 9.82. The maximum atomic E-state index is 12.6. The van der Waals surface area contributed by atoms with Gasteiger partial charge in [0.25, 0.3) is 0 Å². The fourth-order valence-electron chi connectivity index (χ4n) is 4.32. The van der Waals surface area contributed by atoms with Crippen molar-refractivity contribution in [2.45, 2.75) is 75.5 Å². The van der Waals surface area contributed by atoms with Crippen LogP contribution in [0.3, 0.4) is 0 Å². The SMILES string of the molecule is CN1C2CCC1CN(C(=O)CC1(O)CCCCC1)CC2. The molecule has 4 heteroatoms. The van der Waals surface area contributed by atoms with Crippen LogP contribution in [-0.4, -0.2) is 58.6 Å². The topological polar surface area (TPSA) is 43.8 Å². The molecule has 2 saturated heterocycles. The molecule has 0 aromatic heterocycles. The number of hydrogen-bond acceptors (Lipinski definition) is 3. The van der Waals surface area contributed by atoms with Crippen molar-refractivity contribution in [1.29, 1.82) is 0 Å². The largest absolute Gasteiger partial charge is 0.389 e. The van der Waals surface area contributed by atoms with E-state index in [4.69, 9.17) is 0 Å². The average Bonchev–Trinajstić information content (AvgIpc) is 2.63. The monoisotopic (exact) mass is 280 g/mol. The van der Waals surface area contributed by atoms with E-state index in [0.29, 0.717) is 18.5 Å². The first-order chi connectivity index (χ1) is 9.57. The van der Waals surface area contributed by atoms with Gasteiger partial charge >= 0.3 is 0 Å². The minimum absolute atomic E-state index is 0.176. The van der Waals surface area contributed by atoms with E-state index in [9.17, 15) is 9.90 Å². The van der Waals surface area contributed by atoms with Crippen molar-refractivity contribution >= 4 is 5.91 Å². The fraction of sp³-hybridized carbons (Fsp3) is 0.938. The minimum Gasteiger partial charge on any atom is -0.389 e. The lowest BCUT2D eigenvalue weighted by Gasteiger charge is -2.34. The van der Waals surface area contributed by atoms with E-state index >= 15 is 0 Å². The molecule has 114 valence electrons. The number of nitrogens with zero attached hydrogens (tertiary/aromatic N) is 2. The zero-order chi connectivity index (χ0) is 14.2. The van der Waals surface area contributed by atoms with Crippen LogP contribution in [-0.2, 0) is 4.79 Å². The van der Waals surface area contributed by atoms with Crippen LogP contribution in [0.15, 0.2) is 0 Å². The van der Waals surface area contributed by atoms with Gasteiger partial charge < -0.3 is 10.0 Å². The molecule has 1 amide bonds.